The highest BCUT2D eigenvalue weighted by atomic mass is 35.5. The molecule has 0 aliphatic carbocycles. The van der Waals surface area contributed by atoms with Gasteiger partial charge < -0.3 is 10.1 Å². The van der Waals surface area contributed by atoms with E-state index in [9.17, 15) is 4.79 Å². The molecule has 1 aromatic carbocycles. The Hall–Kier alpha value is -1.59. The molecule has 0 fully saturated rings. The van der Waals surface area contributed by atoms with Crippen molar-refractivity contribution in [2.75, 3.05) is 18.3 Å². The van der Waals surface area contributed by atoms with Gasteiger partial charge in [-0.3, -0.25) is 4.79 Å². The van der Waals surface area contributed by atoms with Crippen LogP contribution in [0.2, 0.25) is 0 Å². The van der Waals surface area contributed by atoms with Crippen molar-refractivity contribution in [1.29, 1.82) is 0 Å². The standard InChI is InChI=1S/C20H27ClN2O2S/c1-20(2,3)18-16(13-14-8-10-15(25-4)11-9-14)26-19(23-18)22-17(24)7-5-6-12-21/h8-11H,5-7,12-13H2,1-4H3,(H,22,23,24). The summed E-state index contributed by atoms with van der Waals surface area (Å²) in [6, 6.07) is 8.06. The van der Waals surface area contributed by atoms with Crippen LogP contribution in [0.4, 0.5) is 5.13 Å². The van der Waals surface area contributed by atoms with E-state index in [4.69, 9.17) is 21.3 Å². The topological polar surface area (TPSA) is 51.2 Å². The molecular formula is C20H27ClN2O2S. The number of anilines is 1. The molecule has 0 unspecified atom stereocenters. The first kappa shape index (κ1) is 20.7. The molecule has 0 saturated carbocycles. The van der Waals surface area contributed by atoms with E-state index in [1.54, 1.807) is 18.4 Å². The molecule has 0 aliphatic heterocycles. The minimum absolute atomic E-state index is 0.000299. The summed E-state index contributed by atoms with van der Waals surface area (Å²) >= 11 is 7.22. The minimum atomic E-state index is -0.0834. The molecule has 0 aliphatic rings. The van der Waals surface area contributed by atoms with Gasteiger partial charge in [-0.25, -0.2) is 4.98 Å². The van der Waals surface area contributed by atoms with Gasteiger partial charge in [0, 0.05) is 29.0 Å². The molecule has 0 radical (unpaired) electrons. The number of carbonyl (C=O) groups excluding carboxylic acids is 1. The van der Waals surface area contributed by atoms with Crippen molar-refractivity contribution in [3.8, 4) is 5.75 Å². The fraction of sp³-hybridized carbons (Fsp3) is 0.500. The van der Waals surface area contributed by atoms with Gasteiger partial charge in [0.2, 0.25) is 5.91 Å². The highest BCUT2D eigenvalue weighted by Gasteiger charge is 2.24. The number of rotatable bonds is 8. The smallest absolute Gasteiger partial charge is 0.226 e. The number of benzene rings is 1. The highest BCUT2D eigenvalue weighted by Crippen LogP contribution is 2.34. The van der Waals surface area contributed by atoms with Crippen LogP contribution in [0.15, 0.2) is 24.3 Å². The second kappa shape index (κ2) is 9.38. The summed E-state index contributed by atoms with van der Waals surface area (Å²) in [5.74, 6) is 1.43. The number of alkyl halides is 1. The maximum absolute atomic E-state index is 12.1. The van der Waals surface area contributed by atoms with Crippen LogP contribution in [0.25, 0.3) is 0 Å². The number of amides is 1. The predicted octanol–water partition coefficient (Wildman–Crippen LogP) is 5.39. The van der Waals surface area contributed by atoms with E-state index in [0.717, 1.165) is 30.7 Å². The zero-order valence-electron chi connectivity index (χ0n) is 15.9. The Morgan fingerprint density at radius 3 is 2.50 bits per heavy atom. The lowest BCUT2D eigenvalue weighted by Gasteiger charge is -2.17. The fourth-order valence-corrected chi connectivity index (χ4v) is 4.01. The van der Waals surface area contributed by atoms with Gasteiger partial charge in [0.15, 0.2) is 5.13 Å². The Bertz CT molecular complexity index is 720. The average Bonchev–Trinajstić information content (AvgIpc) is 2.98. The van der Waals surface area contributed by atoms with Crippen LogP contribution in [-0.4, -0.2) is 23.9 Å². The third-order valence-electron chi connectivity index (χ3n) is 3.97. The second-order valence-electron chi connectivity index (χ2n) is 7.26. The molecule has 0 spiro atoms. The highest BCUT2D eigenvalue weighted by molar-refractivity contribution is 7.15. The lowest BCUT2D eigenvalue weighted by molar-refractivity contribution is -0.116. The van der Waals surface area contributed by atoms with E-state index in [-0.39, 0.29) is 11.3 Å². The molecular weight excluding hydrogens is 368 g/mol. The first-order valence-corrected chi connectivity index (χ1v) is 10.2. The monoisotopic (exact) mass is 394 g/mol. The number of aromatic nitrogens is 1. The quantitative estimate of drug-likeness (QED) is 0.482. The summed E-state index contributed by atoms with van der Waals surface area (Å²) in [6.45, 7) is 6.43. The van der Waals surface area contributed by atoms with Crippen molar-refractivity contribution in [3.63, 3.8) is 0 Å². The Morgan fingerprint density at radius 1 is 1.23 bits per heavy atom. The number of halogens is 1. The van der Waals surface area contributed by atoms with Crippen LogP contribution in [0, 0.1) is 0 Å². The lowest BCUT2D eigenvalue weighted by atomic mass is 9.90. The van der Waals surface area contributed by atoms with E-state index >= 15 is 0 Å². The molecule has 142 valence electrons. The van der Waals surface area contributed by atoms with Gasteiger partial charge in [-0.2, -0.15) is 0 Å². The van der Waals surface area contributed by atoms with Crippen LogP contribution >= 0.6 is 22.9 Å². The van der Waals surface area contributed by atoms with E-state index in [1.807, 2.05) is 12.1 Å². The van der Waals surface area contributed by atoms with Gasteiger partial charge in [-0.05, 0) is 30.5 Å². The lowest BCUT2D eigenvalue weighted by Crippen LogP contribution is -2.15. The number of methoxy groups -OCH3 is 1. The summed E-state index contributed by atoms with van der Waals surface area (Å²) in [4.78, 5) is 18.0. The number of ether oxygens (including phenoxy) is 1. The molecule has 1 heterocycles. The van der Waals surface area contributed by atoms with Crippen LogP contribution in [0.1, 0.15) is 56.2 Å². The van der Waals surface area contributed by atoms with E-state index in [1.165, 1.54) is 10.4 Å². The SMILES string of the molecule is COc1ccc(Cc2sc(NC(=O)CCCCCl)nc2C(C)(C)C)cc1. The molecule has 2 rings (SSSR count). The zero-order chi connectivity index (χ0) is 19.2. The Labute approximate surface area is 164 Å². The number of thiazole rings is 1. The molecule has 26 heavy (non-hydrogen) atoms. The Morgan fingerprint density at radius 2 is 1.92 bits per heavy atom. The van der Waals surface area contributed by atoms with Gasteiger partial charge in [-0.15, -0.1) is 22.9 Å². The van der Waals surface area contributed by atoms with Gasteiger partial charge in [0.1, 0.15) is 5.75 Å². The molecule has 1 N–H and O–H groups in total. The summed E-state index contributed by atoms with van der Waals surface area (Å²) in [5, 5.41) is 3.62. The third kappa shape index (κ3) is 5.99. The molecule has 0 saturated heterocycles. The normalized spacial score (nSPS) is 11.4. The zero-order valence-corrected chi connectivity index (χ0v) is 17.5. The van der Waals surface area contributed by atoms with Crippen LogP contribution in [0.3, 0.4) is 0 Å². The van der Waals surface area contributed by atoms with Crippen LogP contribution in [-0.2, 0) is 16.6 Å². The van der Waals surface area contributed by atoms with E-state index in [2.05, 4.69) is 38.2 Å². The Balaban J connectivity index is 2.16. The molecule has 4 nitrogen and oxygen atoms in total. The van der Waals surface area contributed by atoms with Gasteiger partial charge in [0.05, 0.1) is 12.8 Å². The summed E-state index contributed by atoms with van der Waals surface area (Å²) in [6.07, 6.45) is 2.91. The summed E-state index contributed by atoms with van der Waals surface area (Å²) < 4.78 is 5.22. The van der Waals surface area contributed by atoms with Crippen molar-refractivity contribution in [3.05, 3.63) is 40.4 Å². The van der Waals surface area contributed by atoms with E-state index < -0.39 is 0 Å². The van der Waals surface area contributed by atoms with Gasteiger partial charge >= 0.3 is 0 Å². The van der Waals surface area contributed by atoms with Crippen LogP contribution < -0.4 is 10.1 Å². The first-order valence-electron chi connectivity index (χ1n) is 8.82. The van der Waals surface area contributed by atoms with Crippen molar-refractivity contribution in [2.45, 2.75) is 51.9 Å². The van der Waals surface area contributed by atoms with Crippen LogP contribution in [0.5, 0.6) is 5.75 Å². The van der Waals surface area contributed by atoms with Gasteiger partial charge in [-0.1, -0.05) is 32.9 Å². The average molecular weight is 395 g/mol. The second-order valence-corrected chi connectivity index (χ2v) is 8.72. The molecule has 0 bridgehead atoms. The maximum Gasteiger partial charge on any atom is 0.226 e. The fourth-order valence-electron chi connectivity index (χ4n) is 2.60. The summed E-state index contributed by atoms with van der Waals surface area (Å²) in [5.41, 5.74) is 2.15. The predicted molar refractivity (Wildman–Crippen MR) is 110 cm³/mol. The number of unbranched alkanes of at least 4 members (excludes halogenated alkanes) is 1. The number of hydrogen-bond donors (Lipinski definition) is 1. The van der Waals surface area contributed by atoms with Crippen molar-refractivity contribution in [2.24, 2.45) is 0 Å². The molecule has 1 aromatic heterocycles. The molecule has 1 amide bonds. The van der Waals surface area contributed by atoms with Crippen molar-refractivity contribution in [1.82, 2.24) is 4.98 Å². The number of carbonyl (C=O) groups is 1. The van der Waals surface area contributed by atoms with Crippen molar-refractivity contribution >= 4 is 34.0 Å². The first-order chi connectivity index (χ1) is 12.3. The maximum atomic E-state index is 12.1. The molecule has 0 atom stereocenters. The van der Waals surface area contributed by atoms with Gasteiger partial charge in [0.25, 0.3) is 0 Å². The third-order valence-corrected chi connectivity index (χ3v) is 5.20. The number of hydrogen-bond acceptors (Lipinski definition) is 4. The number of nitrogens with zero attached hydrogens (tertiary/aromatic N) is 1. The summed E-state index contributed by atoms with van der Waals surface area (Å²) in [7, 11) is 1.66. The molecule has 6 heteroatoms. The molecule has 2 aromatic rings. The Kier molecular flexibility index (Phi) is 7.47. The minimum Gasteiger partial charge on any atom is -0.497 e. The largest absolute Gasteiger partial charge is 0.497 e. The number of nitrogens with one attached hydrogen (secondary N) is 1. The van der Waals surface area contributed by atoms with E-state index in [0.29, 0.717) is 17.4 Å². The van der Waals surface area contributed by atoms with Crippen molar-refractivity contribution < 1.29 is 9.53 Å².